The van der Waals surface area contributed by atoms with E-state index in [1.165, 1.54) is 6.33 Å². The van der Waals surface area contributed by atoms with E-state index in [9.17, 15) is 10.1 Å². The van der Waals surface area contributed by atoms with Crippen LogP contribution < -0.4 is 16.4 Å². The Morgan fingerprint density at radius 3 is 2.83 bits per heavy atom. The van der Waals surface area contributed by atoms with Crippen LogP contribution >= 0.6 is 11.6 Å². The number of carbonyl (C=O) groups is 1. The van der Waals surface area contributed by atoms with Crippen LogP contribution in [0.5, 0.6) is 0 Å². The maximum absolute atomic E-state index is 13.2. The number of ether oxygens (including phenoxy) is 1. The van der Waals surface area contributed by atoms with E-state index in [1.54, 1.807) is 12.1 Å². The van der Waals surface area contributed by atoms with Crippen LogP contribution in [0.1, 0.15) is 61.3 Å². The zero-order valence-electron chi connectivity index (χ0n) is 20.1. The molecule has 10 heteroatoms. The highest BCUT2D eigenvalue weighted by Gasteiger charge is 2.22. The van der Waals surface area contributed by atoms with Gasteiger partial charge in [-0.2, -0.15) is 5.26 Å². The highest BCUT2D eigenvalue weighted by molar-refractivity contribution is 6.35. The van der Waals surface area contributed by atoms with Gasteiger partial charge in [0.1, 0.15) is 29.6 Å². The largest absolute Gasteiger partial charge is 0.382 e. The molecule has 0 spiro atoms. The van der Waals surface area contributed by atoms with Crippen molar-refractivity contribution in [2.75, 3.05) is 30.8 Å². The Bertz CT molecular complexity index is 1230. The standard InChI is InChI=1S/C25H30ClN7O2/c1-4-35-11-9-15(2)8-10-29-25(34)18-12-17-6-5-7-20(26)22(17)33-21(18)16(3)32-24-19(13-27)23(28)30-14-31-24/h5-7,12,14-16H,4,8-11H2,1-3H3,(H,29,34)(H3,28,30,31,32)/t15?,16-/m0/s1. The number of nitriles is 1. The number of amides is 1. The van der Waals surface area contributed by atoms with E-state index >= 15 is 0 Å². The molecular formula is C25H30ClN7O2. The van der Waals surface area contributed by atoms with Gasteiger partial charge < -0.3 is 21.1 Å². The summed E-state index contributed by atoms with van der Waals surface area (Å²) < 4.78 is 5.42. The minimum absolute atomic E-state index is 0.0724. The summed E-state index contributed by atoms with van der Waals surface area (Å²) in [7, 11) is 0. The van der Waals surface area contributed by atoms with Gasteiger partial charge in [-0.15, -0.1) is 0 Å². The van der Waals surface area contributed by atoms with Gasteiger partial charge in [0.25, 0.3) is 5.91 Å². The number of carbonyl (C=O) groups excluding carboxylic acids is 1. The third kappa shape index (κ3) is 6.56. The number of nitrogens with two attached hydrogens (primary N) is 1. The van der Waals surface area contributed by atoms with Crippen molar-refractivity contribution in [1.29, 1.82) is 5.26 Å². The smallest absolute Gasteiger partial charge is 0.253 e. The summed E-state index contributed by atoms with van der Waals surface area (Å²) in [5.74, 6) is 0.525. The number of rotatable bonds is 11. The normalized spacial score (nSPS) is 12.7. The van der Waals surface area contributed by atoms with Crippen LogP contribution in [0.2, 0.25) is 5.02 Å². The second-order valence-electron chi connectivity index (χ2n) is 8.33. The molecule has 0 fully saturated rings. The monoisotopic (exact) mass is 495 g/mol. The minimum atomic E-state index is -0.483. The zero-order valence-corrected chi connectivity index (χ0v) is 20.9. The number of nitrogens with one attached hydrogen (secondary N) is 2. The summed E-state index contributed by atoms with van der Waals surface area (Å²) in [5, 5.41) is 16.9. The third-order valence-electron chi connectivity index (χ3n) is 5.70. The topological polar surface area (TPSA) is 139 Å². The summed E-state index contributed by atoms with van der Waals surface area (Å²) >= 11 is 6.39. The van der Waals surface area contributed by atoms with E-state index in [1.807, 2.05) is 32.0 Å². The molecule has 1 aromatic carbocycles. The molecule has 2 atom stereocenters. The molecule has 2 heterocycles. The molecule has 35 heavy (non-hydrogen) atoms. The number of aromatic nitrogens is 3. The van der Waals surface area contributed by atoms with Crippen molar-refractivity contribution in [3.05, 3.63) is 52.4 Å². The molecule has 3 aromatic rings. The number of hydrogen-bond acceptors (Lipinski definition) is 8. The molecule has 0 aliphatic carbocycles. The van der Waals surface area contributed by atoms with Crippen molar-refractivity contribution in [2.45, 2.75) is 39.7 Å². The molecule has 4 N–H and O–H groups in total. The minimum Gasteiger partial charge on any atom is -0.382 e. The van der Waals surface area contributed by atoms with E-state index in [0.717, 1.165) is 18.2 Å². The maximum atomic E-state index is 13.2. The second-order valence-corrected chi connectivity index (χ2v) is 8.74. The van der Waals surface area contributed by atoms with E-state index in [4.69, 9.17) is 27.1 Å². The maximum Gasteiger partial charge on any atom is 0.253 e. The Balaban J connectivity index is 1.86. The number of fused-ring (bicyclic) bond motifs is 1. The highest BCUT2D eigenvalue weighted by Crippen LogP contribution is 2.29. The number of anilines is 2. The van der Waals surface area contributed by atoms with Crippen LogP contribution in [-0.2, 0) is 4.74 Å². The molecule has 0 aliphatic rings. The molecule has 0 saturated heterocycles. The van der Waals surface area contributed by atoms with Gasteiger partial charge in [0.15, 0.2) is 0 Å². The number of nitrogen functional groups attached to an aromatic ring is 1. The van der Waals surface area contributed by atoms with Gasteiger partial charge in [-0.25, -0.2) is 15.0 Å². The van der Waals surface area contributed by atoms with E-state index in [0.29, 0.717) is 47.5 Å². The Labute approximate surface area is 210 Å². The molecule has 3 rings (SSSR count). The Morgan fingerprint density at radius 2 is 2.09 bits per heavy atom. The van der Waals surface area contributed by atoms with Crippen LogP contribution in [0.4, 0.5) is 11.6 Å². The fourth-order valence-corrected chi connectivity index (χ4v) is 3.91. The Kier molecular flexibility index (Phi) is 9.18. The van der Waals surface area contributed by atoms with Gasteiger partial charge >= 0.3 is 0 Å². The van der Waals surface area contributed by atoms with Gasteiger partial charge in [-0.1, -0.05) is 30.7 Å². The average molecular weight is 496 g/mol. The van der Waals surface area contributed by atoms with Crippen molar-refractivity contribution < 1.29 is 9.53 Å². The third-order valence-corrected chi connectivity index (χ3v) is 6.01. The number of para-hydroxylation sites is 1. The fourth-order valence-electron chi connectivity index (χ4n) is 3.68. The quantitative estimate of drug-likeness (QED) is 0.331. The van der Waals surface area contributed by atoms with Gasteiger partial charge in [0, 0.05) is 25.1 Å². The molecular weight excluding hydrogens is 466 g/mol. The molecule has 1 unspecified atom stereocenters. The van der Waals surface area contributed by atoms with Crippen LogP contribution in [0.15, 0.2) is 30.6 Å². The van der Waals surface area contributed by atoms with Crippen molar-refractivity contribution >= 4 is 40.0 Å². The Hall–Kier alpha value is -3.48. The lowest BCUT2D eigenvalue weighted by molar-refractivity contribution is 0.0948. The SMILES string of the molecule is CCOCCC(C)CCNC(=O)c1cc2cccc(Cl)c2nc1[C@H](C)Nc1ncnc(N)c1C#N. The first-order valence-corrected chi connectivity index (χ1v) is 12.0. The number of nitrogens with zero attached hydrogens (tertiary/aromatic N) is 4. The molecule has 0 aliphatic heterocycles. The van der Waals surface area contributed by atoms with Crippen LogP contribution in [0.3, 0.4) is 0 Å². The predicted octanol–water partition coefficient (Wildman–Crippen LogP) is 4.49. The molecule has 0 bridgehead atoms. The lowest BCUT2D eigenvalue weighted by Gasteiger charge is -2.19. The molecule has 184 valence electrons. The van der Waals surface area contributed by atoms with Crippen molar-refractivity contribution in [1.82, 2.24) is 20.3 Å². The summed E-state index contributed by atoms with van der Waals surface area (Å²) in [6.07, 6.45) is 3.05. The van der Waals surface area contributed by atoms with Crippen LogP contribution in [0, 0.1) is 17.2 Å². The summed E-state index contributed by atoms with van der Waals surface area (Å²) in [6, 6.07) is 8.75. The average Bonchev–Trinajstić information content (AvgIpc) is 2.84. The molecule has 1 amide bonds. The van der Waals surface area contributed by atoms with Gasteiger partial charge in [0.2, 0.25) is 0 Å². The van der Waals surface area contributed by atoms with Gasteiger partial charge in [-0.05, 0) is 44.7 Å². The first-order valence-electron chi connectivity index (χ1n) is 11.6. The summed E-state index contributed by atoms with van der Waals surface area (Å²) in [5.41, 5.74) is 7.43. The number of benzene rings is 1. The second kappa shape index (κ2) is 12.3. The van der Waals surface area contributed by atoms with Crippen LogP contribution in [-0.4, -0.2) is 40.6 Å². The fraction of sp³-hybridized carbons (Fsp3) is 0.400. The predicted molar refractivity (Wildman–Crippen MR) is 137 cm³/mol. The van der Waals surface area contributed by atoms with Gasteiger partial charge in [-0.3, -0.25) is 4.79 Å². The van der Waals surface area contributed by atoms with Crippen molar-refractivity contribution in [2.24, 2.45) is 5.92 Å². The molecule has 9 nitrogen and oxygen atoms in total. The van der Waals surface area contributed by atoms with Crippen LogP contribution in [0.25, 0.3) is 10.9 Å². The molecule has 2 aromatic heterocycles. The highest BCUT2D eigenvalue weighted by atomic mass is 35.5. The van der Waals surface area contributed by atoms with Gasteiger partial charge in [0.05, 0.1) is 27.8 Å². The number of halogens is 1. The molecule has 0 saturated carbocycles. The lowest BCUT2D eigenvalue weighted by Crippen LogP contribution is -2.28. The summed E-state index contributed by atoms with van der Waals surface area (Å²) in [6.45, 7) is 7.90. The number of hydrogen-bond donors (Lipinski definition) is 3. The van der Waals surface area contributed by atoms with E-state index < -0.39 is 6.04 Å². The zero-order chi connectivity index (χ0) is 25.4. The lowest BCUT2D eigenvalue weighted by atomic mass is 10.0. The first-order chi connectivity index (χ1) is 16.8. The van der Waals surface area contributed by atoms with Crippen molar-refractivity contribution in [3.8, 4) is 6.07 Å². The molecule has 0 radical (unpaired) electrons. The first kappa shape index (κ1) is 26.1. The number of pyridine rings is 1. The Morgan fingerprint density at radius 1 is 1.29 bits per heavy atom. The summed E-state index contributed by atoms with van der Waals surface area (Å²) in [4.78, 5) is 26.0. The van der Waals surface area contributed by atoms with E-state index in [2.05, 4.69) is 27.5 Å². The van der Waals surface area contributed by atoms with Crippen molar-refractivity contribution in [3.63, 3.8) is 0 Å². The van der Waals surface area contributed by atoms with E-state index in [-0.39, 0.29) is 23.1 Å².